The van der Waals surface area contributed by atoms with E-state index >= 15 is 0 Å². The van der Waals surface area contributed by atoms with E-state index in [1.54, 1.807) is 17.0 Å². The van der Waals surface area contributed by atoms with E-state index in [1.807, 2.05) is 18.2 Å². The maximum absolute atomic E-state index is 13.6. The molecule has 2 aromatic carbocycles. The van der Waals surface area contributed by atoms with Gasteiger partial charge >= 0.3 is 0 Å². The van der Waals surface area contributed by atoms with Gasteiger partial charge in [-0.25, -0.2) is 0 Å². The largest absolute Gasteiger partial charge is 0.450 e. The van der Waals surface area contributed by atoms with Gasteiger partial charge in [-0.2, -0.15) is 0 Å². The van der Waals surface area contributed by atoms with Crippen molar-refractivity contribution in [3.8, 4) is 0 Å². The Morgan fingerprint density at radius 2 is 1.90 bits per heavy atom. The number of nitrogens with zero attached hydrogens (tertiary/aromatic N) is 1. The Balaban J connectivity index is 1.68. The maximum Gasteiger partial charge on any atom is 0.291 e. The zero-order valence-corrected chi connectivity index (χ0v) is 19.1. The molecule has 0 radical (unpaired) electrons. The monoisotopic (exact) mass is 481 g/mol. The van der Waals surface area contributed by atoms with Crippen molar-refractivity contribution in [1.82, 2.24) is 4.90 Å². The number of carbonyl (C=O) groups excluding carboxylic acids is 1. The fraction of sp³-hybridized carbons (Fsp3) is 0.360. The van der Waals surface area contributed by atoms with Crippen molar-refractivity contribution in [1.29, 1.82) is 0 Å². The van der Waals surface area contributed by atoms with Crippen molar-refractivity contribution >= 4 is 32.8 Å². The van der Waals surface area contributed by atoms with Crippen molar-refractivity contribution in [2.45, 2.75) is 44.8 Å². The number of hydrogen-bond acceptors (Lipinski definition) is 4. The van der Waals surface area contributed by atoms with Crippen LogP contribution in [0.2, 0.25) is 0 Å². The third-order valence-electron chi connectivity index (χ3n) is 6.27. The van der Waals surface area contributed by atoms with E-state index in [0.717, 1.165) is 22.9 Å². The summed E-state index contributed by atoms with van der Waals surface area (Å²) in [7, 11) is 0. The summed E-state index contributed by atoms with van der Waals surface area (Å²) in [5.74, 6) is 0.307. The summed E-state index contributed by atoms with van der Waals surface area (Å²) in [6.07, 6.45) is 1.88. The molecular weight excluding hydrogens is 458 g/mol. The van der Waals surface area contributed by atoms with Gasteiger partial charge < -0.3 is 14.1 Å². The average molecular weight is 482 g/mol. The van der Waals surface area contributed by atoms with Gasteiger partial charge in [0, 0.05) is 17.6 Å². The predicted molar refractivity (Wildman–Crippen MR) is 123 cm³/mol. The van der Waals surface area contributed by atoms with Crippen LogP contribution in [0, 0.1) is 0 Å². The first-order chi connectivity index (χ1) is 14.9. The molecule has 2 atom stereocenters. The summed E-state index contributed by atoms with van der Waals surface area (Å²) in [6.45, 7) is 5.44. The minimum Gasteiger partial charge on any atom is -0.450 e. The lowest BCUT2D eigenvalue weighted by molar-refractivity contribution is 0.0486. The van der Waals surface area contributed by atoms with Crippen LogP contribution in [0.3, 0.4) is 0 Å². The molecule has 0 aliphatic carbocycles. The van der Waals surface area contributed by atoms with Crippen LogP contribution in [0.5, 0.6) is 0 Å². The second-order valence-electron chi connectivity index (χ2n) is 8.63. The van der Waals surface area contributed by atoms with Crippen LogP contribution in [0.25, 0.3) is 11.0 Å². The highest BCUT2D eigenvalue weighted by atomic mass is 79.9. The molecule has 1 saturated heterocycles. The molecule has 3 heterocycles. The summed E-state index contributed by atoms with van der Waals surface area (Å²) < 4.78 is 12.6. The first-order valence-electron chi connectivity index (χ1n) is 10.7. The van der Waals surface area contributed by atoms with E-state index in [4.69, 9.17) is 9.15 Å². The molecule has 2 aliphatic rings. The van der Waals surface area contributed by atoms with Crippen LogP contribution in [0.4, 0.5) is 0 Å². The Morgan fingerprint density at radius 1 is 1.13 bits per heavy atom. The third-order valence-corrected chi connectivity index (χ3v) is 6.76. The molecule has 1 fully saturated rings. The van der Waals surface area contributed by atoms with Gasteiger partial charge in [0.2, 0.25) is 5.76 Å². The molecule has 31 heavy (non-hydrogen) atoms. The fourth-order valence-corrected chi connectivity index (χ4v) is 4.96. The molecule has 1 aromatic heterocycles. The molecule has 0 unspecified atom stereocenters. The standard InChI is InChI=1S/C25H24BrNO4/c1-14(2)15-5-7-16(8-6-15)22-21-23(28)19-12-17(26)9-10-20(19)31-24(21)25(29)27(22)13-18-4-3-11-30-18/h5-10,12,14,18,22H,3-4,11,13H2,1-2H3/t18-,22+/m0/s1. The summed E-state index contributed by atoms with van der Waals surface area (Å²) in [5.41, 5.74) is 2.82. The van der Waals surface area contributed by atoms with Crippen LogP contribution in [-0.4, -0.2) is 30.1 Å². The maximum atomic E-state index is 13.6. The summed E-state index contributed by atoms with van der Waals surface area (Å²) in [5, 5.41) is 0.476. The lowest BCUT2D eigenvalue weighted by atomic mass is 9.95. The molecule has 3 aromatic rings. The molecule has 1 amide bonds. The highest BCUT2D eigenvalue weighted by molar-refractivity contribution is 9.10. The number of halogens is 1. The minimum absolute atomic E-state index is 0.0191. The van der Waals surface area contributed by atoms with E-state index in [0.29, 0.717) is 35.6 Å². The Hall–Kier alpha value is -2.44. The zero-order chi connectivity index (χ0) is 21.7. The van der Waals surface area contributed by atoms with Crippen LogP contribution < -0.4 is 5.43 Å². The quantitative estimate of drug-likeness (QED) is 0.500. The normalized spacial score (nSPS) is 20.8. The van der Waals surface area contributed by atoms with E-state index < -0.39 is 6.04 Å². The van der Waals surface area contributed by atoms with Crippen molar-refractivity contribution in [3.63, 3.8) is 0 Å². The van der Waals surface area contributed by atoms with Gasteiger partial charge in [-0.05, 0) is 48.1 Å². The van der Waals surface area contributed by atoms with Crippen LogP contribution in [-0.2, 0) is 4.74 Å². The van der Waals surface area contributed by atoms with Crippen molar-refractivity contribution in [2.75, 3.05) is 13.2 Å². The topological polar surface area (TPSA) is 59.8 Å². The molecule has 2 aliphatic heterocycles. The summed E-state index contributed by atoms with van der Waals surface area (Å²) in [4.78, 5) is 28.8. The van der Waals surface area contributed by atoms with Gasteiger partial charge in [0.05, 0.1) is 23.1 Å². The third kappa shape index (κ3) is 3.52. The first kappa shape index (κ1) is 20.5. The second-order valence-corrected chi connectivity index (χ2v) is 9.55. The molecule has 5 rings (SSSR count). The van der Waals surface area contributed by atoms with E-state index in [9.17, 15) is 9.59 Å². The van der Waals surface area contributed by atoms with E-state index in [1.165, 1.54) is 5.56 Å². The molecular formula is C25H24BrNO4. The number of carbonyl (C=O) groups is 1. The van der Waals surface area contributed by atoms with E-state index in [-0.39, 0.29) is 23.2 Å². The van der Waals surface area contributed by atoms with Gasteiger partial charge in [0.1, 0.15) is 5.58 Å². The van der Waals surface area contributed by atoms with E-state index in [2.05, 4.69) is 41.9 Å². The number of rotatable bonds is 4. The van der Waals surface area contributed by atoms with Crippen molar-refractivity contribution in [3.05, 3.63) is 79.6 Å². The van der Waals surface area contributed by atoms with Crippen LogP contribution in [0.1, 0.15) is 65.9 Å². The van der Waals surface area contributed by atoms with Crippen LogP contribution >= 0.6 is 15.9 Å². The van der Waals surface area contributed by atoms with Gasteiger partial charge in [0.15, 0.2) is 5.43 Å². The summed E-state index contributed by atoms with van der Waals surface area (Å²) in [6, 6.07) is 13.0. The Bertz CT molecular complexity index is 1210. The highest BCUT2D eigenvalue weighted by Gasteiger charge is 2.43. The number of hydrogen-bond donors (Lipinski definition) is 0. The smallest absolute Gasteiger partial charge is 0.291 e. The molecule has 0 bridgehead atoms. The predicted octanol–water partition coefficient (Wildman–Crippen LogP) is 5.40. The average Bonchev–Trinajstić information content (AvgIpc) is 3.36. The van der Waals surface area contributed by atoms with Crippen LogP contribution in [0.15, 0.2) is 56.1 Å². The molecule has 5 nitrogen and oxygen atoms in total. The Morgan fingerprint density at radius 3 is 2.58 bits per heavy atom. The Kier molecular flexibility index (Phi) is 5.22. The van der Waals surface area contributed by atoms with Gasteiger partial charge in [-0.15, -0.1) is 0 Å². The molecule has 0 saturated carbocycles. The summed E-state index contributed by atoms with van der Waals surface area (Å²) >= 11 is 3.44. The molecule has 0 N–H and O–H groups in total. The number of benzene rings is 2. The lowest BCUT2D eigenvalue weighted by Crippen LogP contribution is -2.36. The highest BCUT2D eigenvalue weighted by Crippen LogP contribution is 2.39. The number of fused-ring (bicyclic) bond motifs is 2. The zero-order valence-electron chi connectivity index (χ0n) is 17.6. The van der Waals surface area contributed by atoms with Gasteiger partial charge in [-0.3, -0.25) is 9.59 Å². The number of ether oxygens (including phenoxy) is 1. The molecule has 0 spiro atoms. The first-order valence-corrected chi connectivity index (χ1v) is 11.5. The molecule has 6 heteroatoms. The lowest BCUT2D eigenvalue weighted by Gasteiger charge is -2.27. The minimum atomic E-state index is -0.479. The Labute approximate surface area is 189 Å². The second kappa shape index (κ2) is 7.92. The van der Waals surface area contributed by atoms with Gasteiger partial charge in [-0.1, -0.05) is 54.0 Å². The molecule has 160 valence electrons. The van der Waals surface area contributed by atoms with Crippen molar-refractivity contribution in [2.24, 2.45) is 0 Å². The number of amides is 1. The van der Waals surface area contributed by atoms with Gasteiger partial charge in [0.25, 0.3) is 5.91 Å². The van der Waals surface area contributed by atoms with Crippen molar-refractivity contribution < 1.29 is 13.9 Å². The fourth-order valence-electron chi connectivity index (χ4n) is 4.60. The SMILES string of the molecule is CC(C)c1ccc([C@@H]2c3c(oc4ccc(Br)cc4c3=O)C(=O)N2C[C@@H]2CCCO2)cc1.